The van der Waals surface area contributed by atoms with Crippen LogP contribution < -0.4 is 16.7 Å². The summed E-state index contributed by atoms with van der Waals surface area (Å²) in [6.45, 7) is 1.46. The number of aryl methyl sites for hydroxylation is 1. The fourth-order valence-corrected chi connectivity index (χ4v) is 2.12. The van der Waals surface area contributed by atoms with Crippen molar-refractivity contribution in [2.75, 3.05) is 16.9 Å². The Bertz CT molecular complexity index is 781. The topological polar surface area (TPSA) is 103 Å². The molecule has 0 unspecified atom stereocenters. The normalized spacial score (nSPS) is 10.5. The molecule has 0 aliphatic rings. The third-order valence-electron chi connectivity index (χ3n) is 2.56. The first kappa shape index (κ1) is 15.9. The molecular formula is C12H11F2N5O2S. The van der Waals surface area contributed by atoms with Crippen molar-refractivity contribution in [2.24, 2.45) is 0 Å². The maximum absolute atomic E-state index is 13.0. The molecule has 2 aromatic rings. The summed E-state index contributed by atoms with van der Waals surface area (Å²) in [4.78, 5) is 23.3. The Balaban J connectivity index is 2.00. The molecule has 3 N–H and O–H groups in total. The number of aromatic nitrogens is 3. The fourth-order valence-electron chi connectivity index (χ4n) is 1.47. The molecule has 0 bridgehead atoms. The number of nitrogens with one attached hydrogen (secondary N) is 1. The van der Waals surface area contributed by atoms with Gasteiger partial charge in [0.25, 0.3) is 5.56 Å². The lowest BCUT2D eigenvalue weighted by Gasteiger charge is -2.07. The number of hydrogen-bond acceptors (Lipinski definition) is 6. The molecule has 0 atom stereocenters. The summed E-state index contributed by atoms with van der Waals surface area (Å²) in [5.41, 5.74) is -0.263. The lowest BCUT2D eigenvalue weighted by atomic mass is 10.3. The van der Waals surface area contributed by atoms with Crippen molar-refractivity contribution in [2.45, 2.75) is 12.1 Å². The molecule has 10 heteroatoms. The summed E-state index contributed by atoms with van der Waals surface area (Å²) in [5, 5.41) is 9.77. The summed E-state index contributed by atoms with van der Waals surface area (Å²) in [6.07, 6.45) is 0. The highest BCUT2D eigenvalue weighted by molar-refractivity contribution is 7.99. The van der Waals surface area contributed by atoms with Crippen molar-refractivity contribution < 1.29 is 13.6 Å². The minimum absolute atomic E-state index is 0.0658. The van der Waals surface area contributed by atoms with Gasteiger partial charge in [-0.1, -0.05) is 11.8 Å². The highest BCUT2D eigenvalue weighted by Gasteiger charge is 2.11. The van der Waals surface area contributed by atoms with Crippen LogP contribution in [0.25, 0.3) is 0 Å². The number of halogens is 2. The molecule has 0 aliphatic heterocycles. The third kappa shape index (κ3) is 3.58. The number of carbonyl (C=O) groups is 1. The van der Waals surface area contributed by atoms with Crippen LogP contribution in [0.5, 0.6) is 0 Å². The first-order valence-corrected chi connectivity index (χ1v) is 6.96. The van der Waals surface area contributed by atoms with Crippen LogP contribution in [0.1, 0.15) is 5.69 Å². The average molecular weight is 327 g/mol. The van der Waals surface area contributed by atoms with Crippen molar-refractivity contribution in [3.63, 3.8) is 0 Å². The number of rotatable bonds is 4. The lowest BCUT2D eigenvalue weighted by Crippen LogP contribution is -2.32. The molecule has 22 heavy (non-hydrogen) atoms. The average Bonchev–Trinajstić information content (AvgIpc) is 2.48. The molecule has 0 fully saturated rings. The zero-order chi connectivity index (χ0) is 16.3. The SMILES string of the molecule is Cc1nnc(SCC(=O)Nc2ccc(F)c(F)c2)n(N)c1=O. The molecule has 0 spiro atoms. The smallest absolute Gasteiger partial charge is 0.294 e. The van der Waals surface area contributed by atoms with E-state index in [4.69, 9.17) is 5.84 Å². The van der Waals surface area contributed by atoms with Gasteiger partial charge in [0, 0.05) is 11.8 Å². The van der Waals surface area contributed by atoms with E-state index in [9.17, 15) is 18.4 Å². The molecular weight excluding hydrogens is 316 g/mol. The molecule has 2 rings (SSSR count). The van der Waals surface area contributed by atoms with E-state index in [0.717, 1.165) is 28.6 Å². The van der Waals surface area contributed by atoms with Gasteiger partial charge in [0.05, 0.1) is 5.75 Å². The Kier molecular flexibility index (Phi) is 4.71. The van der Waals surface area contributed by atoms with Crippen LogP contribution in [-0.2, 0) is 4.79 Å². The van der Waals surface area contributed by atoms with Crippen LogP contribution >= 0.6 is 11.8 Å². The molecule has 0 saturated carbocycles. The zero-order valence-corrected chi connectivity index (χ0v) is 12.2. The minimum Gasteiger partial charge on any atom is -0.334 e. The third-order valence-corrected chi connectivity index (χ3v) is 3.50. The number of hydrogen-bond donors (Lipinski definition) is 2. The van der Waals surface area contributed by atoms with Crippen molar-refractivity contribution in [1.82, 2.24) is 14.9 Å². The second kappa shape index (κ2) is 6.52. The Hall–Kier alpha value is -2.49. The van der Waals surface area contributed by atoms with Crippen LogP contribution in [0.15, 0.2) is 28.2 Å². The van der Waals surface area contributed by atoms with Gasteiger partial charge >= 0.3 is 0 Å². The summed E-state index contributed by atoms with van der Waals surface area (Å²) in [6, 6.07) is 3.00. The summed E-state index contributed by atoms with van der Waals surface area (Å²) in [5.74, 6) is 2.82. The first-order chi connectivity index (χ1) is 10.4. The van der Waals surface area contributed by atoms with E-state index in [-0.39, 0.29) is 22.3 Å². The van der Waals surface area contributed by atoms with Gasteiger partial charge in [0.1, 0.15) is 5.69 Å². The van der Waals surface area contributed by atoms with Crippen molar-refractivity contribution >= 4 is 23.4 Å². The van der Waals surface area contributed by atoms with Crippen LogP contribution in [-0.4, -0.2) is 26.5 Å². The van der Waals surface area contributed by atoms with E-state index < -0.39 is 23.1 Å². The lowest BCUT2D eigenvalue weighted by molar-refractivity contribution is -0.113. The molecule has 1 aromatic heterocycles. The monoisotopic (exact) mass is 327 g/mol. The standard InChI is InChI=1S/C12H11F2N5O2S/c1-6-11(21)19(15)12(18-17-6)22-5-10(20)16-7-2-3-8(13)9(14)4-7/h2-4H,5,15H2,1H3,(H,16,20). The Morgan fingerprint density at radius 3 is 2.77 bits per heavy atom. The van der Waals surface area contributed by atoms with E-state index in [1.165, 1.54) is 13.0 Å². The maximum Gasteiger partial charge on any atom is 0.294 e. The van der Waals surface area contributed by atoms with Gasteiger partial charge in [0.2, 0.25) is 11.1 Å². The van der Waals surface area contributed by atoms with Gasteiger partial charge in [-0.05, 0) is 19.1 Å². The fraction of sp³-hybridized carbons (Fsp3) is 0.167. The number of thioether (sulfide) groups is 1. The number of nitrogens with two attached hydrogens (primary N) is 1. The van der Waals surface area contributed by atoms with Gasteiger partial charge < -0.3 is 11.2 Å². The van der Waals surface area contributed by atoms with Gasteiger partial charge in [-0.15, -0.1) is 10.2 Å². The van der Waals surface area contributed by atoms with Crippen molar-refractivity contribution in [1.29, 1.82) is 0 Å². The number of benzene rings is 1. The van der Waals surface area contributed by atoms with Crippen LogP contribution in [0.4, 0.5) is 14.5 Å². The Labute approximate surface area is 127 Å². The summed E-state index contributed by atoms with van der Waals surface area (Å²) >= 11 is 0.889. The largest absolute Gasteiger partial charge is 0.334 e. The Morgan fingerprint density at radius 2 is 2.09 bits per heavy atom. The predicted molar refractivity (Wildman–Crippen MR) is 76.9 cm³/mol. The molecule has 1 amide bonds. The zero-order valence-electron chi connectivity index (χ0n) is 11.3. The second-order valence-electron chi connectivity index (χ2n) is 4.21. The van der Waals surface area contributed by atoms with Gasteiger partial charge in [-0.2, -0.15) is 4.68 Å². The van der Waals surface area contributed by atoms with Crippen molar-refractivity contribution in [3.8, 4) is 0 Å². The highest BCUT2D eigenvalue weighted by atomic mass is 32.2. The number of amides is 1. The summed E-state index contributed by atoms with van der Waals surface area (Å²) < 4.78 is 26.6. The van der Waals surface area contributed by atoms with Crippen LogP contribution in [0.3, 0.4) is 0 Å². The van der Waals surface area contributed by atoms with E-state index in [1.807, 2.05) is 0 Å². The quantitative estimate of drug-likeness (QED) is 0.632. The number of nitrogens with zero attached hydrogens (tertiary/aromatic N) is 3. The van der Waals surface area contributed by atoms with Crippen LogP contribution in [0, 0.1) is 18.6 Å². The van der Waals surface area contributed by atoms with Gasteiger partial charge in [-0.3, -0.25) is 9.59 Å². The van der Waals surface area contributed by atoms with E-state index in [1.54, 1.807) is 0 Å². The molecule has 0 radical (unpaired) electrons. The number of carbonyl (C=O) groups excluding carboxylic acids is 1. The molecule has 1 heterocycles. The van der Waals surface area contributed by atoms with E-state index >= 15 is 0 Å². The Morgan fingerprint density at radius 1 is 1.36 bits per heavy atom. The van der Waals surface area contributed by atoms with Crippen molar-refractivity contribution in [3.05, 3.63) is 45.9 Å². The van der Waals surface area contributed by atoms with Gasteiger partial charge in [-0.25, -0.2) is 8.78 Å². The molecule has 1 aromatic carbocycles. The molecule has 0 saturated heterocycles. The highest BCUT2D eigenvalue weighted by Crippen LogP contribution is 2.15. The van der Waals surface area contributed by atoms with E-state index in [0.29, 0.717) is 0 Å². The minimum atomic E-state index is -1.06. The molecule has 7 nitrogen and oxygen atoms in total. The molecule has 116 valence electrons. The summed E-state index contributed by atoms with van der Waals surface area (Å²) in [7, 11) is 0. The number of anilines is 1. The van der Waals surface area contributed by atoms with Crippen LogP contribution in [0.2, 0.25) is 0 Å². The van der Waals surface area contributed by atoms with E-state index in [2.05, 4.69) is 15.5 Å². The number of nitrogen functional groups attached to an aromatic ring is 1. The predicted octanol–water partition coefficient (Wildman–Crippen LogP) is 0.670. The maximum atomic E-state index is 13.0. The molecule has 0 aliphatic carbocycles. The first-order valence-electron chi connectivity index (χ1n) is 5.97. The second-order valence-corrected chi connectivity index (χ2v) is 5.15. The van der Waals surface area contributed by atoms with Gasteiger partial charge in [0.15, 0.2) is 11.6 Å².